The summed E-state index contributed by atoms with van der Waals surface area (Å²) < 4.78 is 1.73. The van der Waals surface area contributed by atoms with Crippen LogP contribution >= 0.6 is 0 Å². The molecule has 3 heterocycles. The van der Waals surface area contributed by atoms with Gasteiger partial charge in [-0.25, -0.2) is 4.98 Å². The summed E-state index contributed by atoms with van der Waals surface area (Å²) in [6.45, 7) is 1.93. The average Bonchev–Trinajstić information content (AvgIpc) is 2.81. The molecule has 0 aliphatic carbocycles. The van der Waals surface area contributed by atoms with Gasteiger partial charge in [0.2, 0.25) is 5.91 Å². The van der Waals surface area contributed by atoms with E-state index < -0.39 is 0 Å². The van der Waals surface area contributed by atoms with Crippen LogP contribution in [-0.2, 0) is 18.3 Å². The molecule has 112 valence electrons. The summed E-state index contributed by atoms with van der Waals surface area (Å²) in [5, 5.41) is 8.15. The summed E-state index contributed by atoms with van der Waals surface area (Å²) in [6.07, 6.45) is 6.24. The molecule has 0 aliphatic rings. The highest BCUT2D eigenvalue weighted by atomic mass is 16.1. The largest absolute Gasteiger partial charge is 0.325 e. The van der Waals surface area contributed by atoms with Gasteiger partial charge in [-0.15, -0.1) is 0 Å². The van der Waals surface area contributed by atoms with Crippen LogP contribution in [0.1, 0.15) is 17.7 Å². The number of fused-ring (bicyclic) bond motifs is 1. The summed E-state index contributed by atoms with van der Waals surface area (Å²) in [5.41, 5.74) is 3.46. The average molecular weight is 295 g/mol. The van der Waals surface area contributed by atoms with E-state index in [1.807, 2.05) is 32.2 Å². The Bertz CT molecular complexity index is 810. The molecule has 0 aliphatic heterocycles. The Morgan fingerprint density at radius 2 is 2.23 bits per heavy atom. The first-order valence-corrected chi connectivity index (χ1v) is 7.11. The quantitative estimate of drug-likeness (QED) is 0.801. The molecule has 6 heteroatoms. The predicted molar refractivity (Wildman–Crippen MR) is 84.4 cm³/mol. The van der Waals surface area contributed by atoms with Crippen molar-refractivity contribution in [2.24, 2.45) is 7.05 Å². The number of hydrogen-bond donors (Lipinski definition) is 1. The van der Waals surface area contributed by atoms with Gasteiger partial charge in [-0.3, -0.25) is 14.5 Å². The molecule has 0 bridgehead atoms. The predicted octanol–water partition coefficient (Wildman–Crippen LogP) is 2.24. The summed E-state index contributed by atoms with van der Waals surface area (Å²) in [7, 11) is 1.86. The van der Waals surface area contributed by atoms with Gasteiger partial charge >= 0.3 is 0 Å². The van der Waals surface area contributed by atoms with Crippen LogP contribution in [0.3, 0.4) is 0 Å². The molecule has 0 saturated carbocycles. The van der Waals surface area contributed by atoms with Gasteiger partial charge in [0.05, 0.1) is 17.6 Å². The van der Waals surface area contributed by atoms with Crippen molar-refractivity contribution in [2.45, 2.75) is 19.8 Å². The van der Waals surface area contributed by atoms with Crippen LogP contribution in [0.4, 0.5) is 5.69 Å². The Morgan fingerprint density at radius 3 is 3.00 bits per heavy atom. The van der Waals surface area contributed by atoms with Crippen LogP contribution < -0.4 is 5.32 Å². The summed E-state index contributed by atoms with van der Waals surface area (Å²) in [4.78, 5) is 20.4. The van der Waals surface area contributed by atoms with Crippen LogP contribution in [0.15, 0.2) is 36.8 Å². The van der Waals surface area contributed by atoms with Crippen molar-refractivity contribution in [3.63, 3.8) is 0 Å². The normalized spacial score (nSPS) is 10.8. The van der Waals surface area contributed by atoms with Crippen molar-refractivity contribution >= 4 is 22.6 Å². The minimum atomic E-state index is -0.0356. The number of carbonyl (C=O) groups excluding carboxylic acids is 1. The molecule has 1 amide bonds. The van der Waals surface area contributed by atoms with Crippen molar-refractivity contribution < 1.29 is 4.79 Å². The highest BCUT2D eigenvalue weighted by molar-refractivity contribution is 5.93. The van der Waals surface area contributed by atoms with E-state index in [1.165, 1.54) is 0 Å². The molecule has 3 aromatic heterocycles. The van der Waals surface area contributed by atoms with Gasteiger partial charge in [0.1, 0.15) is 0 Å². The Morgan fingerprint density at radius 1 is 1.36 bits per heavy atom. The van der Waals surface area contributed by atoms with E-state index in [-0.39, 0.29) is 5.91 Å². The second-order valence-corrected chi connectivity index (χ2v) is 5.21. The maximum Gasteiger partial charge on any atom is 0.224 e. The third-order valence-electron chi connectivity index (χ3n) is 3.51. The molecule has 6 nitrogen and oxygen atoms in total. The molecule has 0 spiro atoms. The van der Waals surface area contributed by atoms with E-state index in [0.717, 1.165) is 22.3 Å². The number of hydrogen-bond acceptors (Lipinski definition) is 4. The molecule has 0 unspecified atom stereocenters. The van der Waals surface area contributed by atoms with Crippen LogP contribution in [0, 0.1) is 6.92 Å². The van der Waals surface area contributed by atoms with Gasteiger partial charge in [-0.1, -0.05) is 6.07 Å². The van der Waals surface area contributed by atoms with Crippen molar-refractivity contribution in [1.82, 2.24) is 19.7 Å². The van der Waals surface area contributed by atoms with Crippen molar-refractivity contribution in [2.75, 3.05) is 5.32 Å². The Kier molecular flexibility index (Phi) is 3.82. The number of anilines is 1. The summed E-state index contributed by atoms with van der Waals surface area (Å²) >= 11 is 0. The third-order valence-corrected chi connectivity index (χ3v) is 3.51. The standard InChI is InChI=1S/C16H17N5O/c1-11-14-8-13(10-18-16(14)21(2)20-11)19-15(22)6-5-12-4-3-7-17-9-12/h3-4,7-10H,5-6H2,1-2H3,(H,19,22). The molecule has 3 aromatic rings. The number of aromatic nitrogens is 4. The van der Waals surface area contributed by atoms with Gasteiger partial charge in [0, 0.05) is 31.2 Å². The maximum atomic E-state index is 12.0. The van der Waals surface area contributed by atoms with E-state index in [9.17, 15) is 4.79 Å². The minimum Gasteiger partial charge on any atom is -0.325 e. The molecule has 22 heavy (non-hydrogen) atoms. The zero-order chi connectivity index (χ0) is 15.5. The fourth-order valence-electron chi connectivity index (χ4n) is 2.40. The fourth-order valence-corrected chi connectivity index (χ4v) is 2.40. The lowest BCUT2D eigenvalue weighted by Crippen LogP contribution is -2.12. The molecule has 0 radical (unpaired) electrons. The first kappa shape index (κ1) is 14.2. The zero-order valence-corrected chi connectivity index (χ0v) is 12.6. The molecule has 1 N–H and O–H groups in total. The highest BCUT2D eigenvalue weighted by Gasteiger charge is 2.09. The van der Waals surface area contributed by atoms with Crippen LogP contribution in [0.5, 0.6) is 0 Å². The van der Waals surface area contributed by atoms with Gasteiger partial charge in [-0.2, -0.15) is 5.10 Å². The fraction of sp³-hybridized carbons (Fsp3) is 0.250. The number of nitrogens with one attached hydrogen (secondary N) is 1. The monoisotopic (exact) mass is 295 g/mol. The van der Waals surface area contributed by atoms with Crippen molar-refractivity contribution in [1.29, 1.82) is 0 Å². The lowest BCUT2D eigenvalue weighted by Gasteiger charge is -2.05. The maximum absolute atomic E-state index is 12.0. The minimum absolute atomic E-state index is 0.0356. The Hall–Kier alpha value is -2.76. The number of pyridine rings is 2. The number of nitrogens with zero attached hydrogens (tertiary/aromatic N) is 4. The van der Waals surface area contributed by atoms with E-state index in [2.05, 4.69) is 20.4 Å². The molecule has 0 aromatic carbocycles. The molecule has 0 atom stereocenters. The molecular formula is C16H17N5O. The summed E-state index contributed by atoms with van der Waals surface area (Å²) in [5.74, 6) is -0.0356. The van der Waals surface area contributed by atoms with Crippen LogP contribution in [-0.4, -0.2) is 25.7 Å². The second kappa shape index (κ2) is 5.93. The number of aryl methyl sites for hydroxylation is 3. The topological polar surface area (TPSA) is 72.7 Å². The van der Waals surface area contributed by atoms with Crippen LogP contribution in [0.25, 0.3) is 11.0 Å². The first-order valence-electron chi connectivity index (χ1n) is 7.11. The zero-order valence-electron chi connectivity index (χ0n) is 12.6. The number of carbonyl (C=O) groups is 1. The number of amides is 1. The van der Waals surface area contributed by atoms with Crippen molar-refractivity contribution in [3.05, 3.63) is 48.0 Å². The van der Waals surface area contributed by atoms with E-state index >= 15 is 0 Å². The number of rotatable bonds is 4. The van der Waals surface area contributed by atoms with Gasteiger partial charge < -0.3 is 5.32 Å². The van der Waals surface area contributed by atoms with E-state index in [4.69, 9.17) is 0 Å². The third kappa shape index (κ3) is 2.95. The van der Waals surface area contributed by atoms with Crippen LogP contribution in [0.2, 0.25) is 0 Å². The van der Waals surface area contributed by atoms with Crippen molar-refractivity contribution in [3.8, 4) is 0 Å². The highest BCUT2D eigenvalue weighted by Crippen LogP contribution is 2.19. The Labute approximate surface area is 128 Å². The summed E-state index contributed by atoms with van der Waals surface area (Å²) in [6, 6.07) is 5.75. The lowest BCUT2D eigenvalue weighted by molar-refractivity contribution is -0.116. The SMILES string of the molecule is Cc1nn(C)c2ncc(NC(=O)CCc3cccnc3)cc12. The van der Waals surface area contributed by atoms with E-state index in [1.54, 1.807) is 23.3 Å². The van der Waals surface area contributed by atoms with Gasteiger partial charge in [0.15, 0.2) is 5.65 Å². The molecule has 0 fully saturated rings. The molecule has 0 saturated heterocycles. The first-order chi connectivity index (χ1) is 10.6. The second-order valence-electron chi connectivity index (χ2n) is 5.21. The van der Waals surface area contributed by atoms with E-state index in [0.29, 0.717) is 18.5 Å². The van der Waals surface area contributed by atoms with Gasteiger partial charge in [-0.05, 0) is 31.0 Å². The smallest absolute Gasteiger partial charge is 0.224 e. The molecular weight excluding hydrogens is 278 g/mol. The Balaban J connectivity index is 1.67. The molecule has 3 rings (SSSR count). The van der Waals surface area contributed by atoms with Gasteiger partial charge in [0.25, 0.3) is 0 Å². The lowest BCUT2D eigenvalue weighted by atomic mass is 10.1.